The van der Waals surface area contributed by atoms with Gasteiger partial charge < -0.3 is 15.4 Å². The zero-order valence-corrected chi connectivity index (χ0v) is 15.6. The molecule has 0 saturated heterocycles. The van der Waals surface area contributed by atoms with Crippen LogP contribution in [0.15, 0.2) is 41.4 Å². The molecule has 6 heteroatoms. The average Bonchev–Trinajstić information content (AvgIpc) is 3.04. The number of nitrogens with two attached hydrogens (primary N) is 1. The van der Waals surface area contributed by atoms with Crippen LogP contribution < -0.4 is 15.4 Å². The van der Waals surface area contributed by atoms with E-state index in [1.54, 1.807) is 18.0 Å². The van der Waals surface area contributed by atoms with E-state index < -0.39 is 0 Å². The fourth-order valence-electron chi connectivity index (χ4n) is 3.22. The summed E-state index contributed by atoms with van der Waals surface area (Å²) in [6, 6.07) is 11.5. The summed E-state index contributed by atoms with van der Waals surface area (Å²) in [7, 11) is 1.84. The van der Waals surface area contributed by atoms with Gasteiger partial charge in [0.25, 0.3) is 0 Å². The molecule has 0 radical (unpaired) electrons. The first kappa shape index (κ1) is 17.9. The molecule has 132 valence electrons. The normalized spacial score (nSPS) is 13.3. The van der Waals surface area contributed by atoms with Crippen molar-refractivity contribution in [2.45, 2.75) is 18.2 Å². The van der Waals surface area contributed by atoms with Gasteiger partial charge in [0.05, 0.1) is 17.3 Å². The highest BCUT2D eigenvalue weighted by Crippen LogP contribution is 2.42. The summed E-state index contributed by atoms with van der Waals surface area (Å²) >= 11 is 1.57. The minimum atomic E-state index is 0.557. The minimum Gasteiger partial charge on any atom is -0.398 e. The summed E-state index contributed by atoms with van der Waals surface area (Å²) in [6.07, 6.45) is 3.61. The number of allylic oxidation sites excluding steroid dienone is 1. The van der Waals surface area contributed by atoms with Gasteiger partial charge in [0, 0.05) is 40.9 Å². The lowest BCUT2D eigenvalue weighted by atomic mass is 10.0. The van der Waals surface area contributed by atoms with Crippen molar-refractivity contribution >= 4 is 35.2 Å². The van der Waals surface area contributed by atoms with Crippen molar-refractivity contribution in [3.8, 4) is 6.07 Å². The molecule has 0 aromatic heterocycles. The highest BCUT2D eigenvalue weighted by molar-refractivity contribution is 8.00. The Morgan fingerprint density at radius 1 is 1.42 bits per heavy atom. The van der Waals surface area contributed by atoms with Crippen molar-refractivity contribution < 1.29 is 4.79 Å². The zero-order chi connectivity index (χ0) is 18.7. The fraction of sp³-hybridized carbons (Fsp3) is 0.200. The van der Waals surface area contributed by atoms with Gasteiger partial charge in [-0.2, -0.15) is 5.26 Å². The molecule has 0 aliphatic carbocycles. The summed E-state index contributed by atoms with van der Waals surface area (Å²) in [5.41, 5.74) is 11.9. The van der Waals surface area contributed by atoms with Crippen molar-refractivity contribution in [2.24, 2.45) is 0 Å². The smallest absolute Gasteiger partial charge is 0.150 e. The number of nitrogens with zero attached hydrogens (tertiary/aromatic N) is 2. The molecular weight excluding hydrogens is 344 g/mol. The number of nitrogen functional groups attached to an aromatic ring is 1. The predicted octanol–water partition coefficient (Wildman–Crippen LogP) is 3.60. The molecule has 2 aromatic carbocycles. The highest BCUT2D eigenvalue weighted by Gasteiger charge is 2.24. The van der Waals surface area contributed by atoms with Gasteiger partial charge in [0.2, 0.25) is 0 Å². The summed E-state index contributed by atoms with van der Waals surface area (Å²) in [6.45, 7) is 2.78. The quantitative estimate of drug-likeness (QED) is 0.479. The van der Waals surface area contributed by atoms with Crippen LogP contribution in [0.25, 0.3) is 5.57 Å². The van der Waals surface area contributed by atoms with Crippen molar-refractivity contribution in [3.63, 3.8) is 0 Å². The van der Waals surface area contributed by atoms with Crippen LogP contribution >= 0.6 is 11.9 Å². The Balaban J connectivity index is 2.03. The van der Waals surface area contributed by atoms with Crippen molar-refractivity contribution in [2.75, 3.05) is 23.6 Å². The van der Waals surface area contributed by atoms with Gasteiger partial charge in [-0.3, -0.25) is 4.79 Å². The summed E-state index contributed by atoms with van der Waals surface area (Å²) in [5, 5.41) is 12.3. The molecule has 0 spiro atoms. The van der Waals surface area contributed by atoms with E-state index in [9.17, 15) is 10.1 Å². The highest BCUT2D eigenvalue weighted by atomic mass is 32.2. The Morgan fingerprint density at radius 3 is 2.92 bits per heavy atom. The molecule has 0 atom stereocenters. The van der Waals surface area contributed by atoms with Crippen LogP contribution in [0, 0.1) is 11.3 Å². The van der Waals surface area contributed by atoms with E-state index in [-0.39, 0.29) is 0 Å². The molecular formula is C20H20N4OS. The van der Waals surface area contributed by atoms with E-state index in [1.807, 2.05) is 44.4 Å². The molecule has 3 rings (SSSR count). The summed E-state index contributed by atoms with van der Waals surface area (Å²) in [5.74, 6) is 0. The van der Waals surface area contributed by atoms with E-state index in [0.717, 1.165) is 46.5 Å². The number of rotatable bonds is 5. The summed E-state index contributed by atoms with van der Waals surface area (Å²) in [4.78, 5) is 12.5. The Morgan fingerprint density at radius 2 is 2.23 bits per heavy atom. The van der Waals surface area contributed by atoms with E-state index in [4.69, 9.17) is 5.73 Å². The lowest BCUT2D eigenvalue weighted by Crippen LogP contribution is -2.11. The second-order valence-corrected chi connectivity index (χ2v) is 7.14. The second kappa shape index (κ2) is 7.54. The monoisotopic (exact) mass is 364 g/mol. The predicted molar refractivity (Wildman–Crippen MR) is 107 cm³/mol. The van der Waals surface area contributed by atoms with Crippen LogP contribution in [-0.4, -0.2) is 19.9 Å². The van der Waals surface area contributed by atoms with Crippen molar-refractivity contribution in [1.29, 1.82) is 5.26 Å². The van der Waals surface area contributed by atoms with Crippen molar-refractivity contribution in [3.05, 3.63) is 58.8 Å². The first-order valence-electron chi connectivity index (χ1n) is 8.29. The van der Waals surface area contributed by atoms with Gasteiger partial charge >= 0.3 is 0 Å². The van der Waals surface area contributed by atoms with Crippen LogP contribution in [0.3, 0.4) is 0 Å². The number of nitrogens with one attached hydrogen (secondary N) is 1. The maximum Gasteiger partial charge on any atom is 0.150 e. The van der Waals surface area contributed by atoms with Gasteiger partial charge in [0.1, 0.15) is 0 Å². The SMILES string of the molecule is CN/C=C(/C)c1c(C=O)cccc1SN1CCc2c(N)cc(C#N)cc21. The Labute approximate surface area is 157 Å². The first-order valence-corrected chi connectivity index (χ1v) is 9.07. The van der Waals surface area contributed by atoms with E-state index >= 15 is 0 Å². The molecule has 0 bridgehead atoms. The molecule has 1 heterocycles. The maximum absolute atomic E-state index is 11.5. The third-order valence-corrected chi connectivity index (χ3v) is 5.51. The molecule has 1 aliphatic rings. The average molecular weight is 364 g/mol. The standard InChI is InChI=1S/C20H20N4OS/c1-13(11-23-2)20-15(12-25)4-3-5-19(20)26-24-7-6-16-17(22)8-14(10-21)9-18(16)24/h3-5,8-9,11-12,23H,6-7,22H2,1-2H3/b13-11-. The maximum atomic E-state index is 11.5. The molecule has 26 heavy (non-hydrogen) atoms. The number of hydrogen-bond acceptors (Lipinski definition) is 6. The van der Waals surface area contributed by atoms with Crippen LogP contribution in [0.4, 0.5) is 11.4 Å². The third-order valence-electron chi connectivity index (χ3n) is 4.37. The molecule has 5 nitrogen and oxygen atoms in total. The number of carbonyl (C=O) groups excluding carboxylic acids is 1. The van der Waals surface area contributed by atoms with Crippen LogP contribution in [0.5, 0.6) is 0 Å². The Hall–Kier alpha value is -2.91. The Bertz CT molecular complexity index is 930. The van der Waals surface area contributed by atoms with Gasteiger partial charge in [-0.15, -0.1) is 0 Å². The lowest BCUT2D eigenvalue weighted by molar-refractivity contribution is 0.112. The molecule has 1 aliphatic heterocycles. The molecule has 0 fully saturated rings. The summed E-state index contributed by atoms with van der Waals surface area (Å²) < 4.78 is 2.15. The zero-order valence-electron chi connectivity index (χ0n) is 14.7. The van der Waals surface area contributed by atoms with Crippen molar-refractivity contribution in [1.82, 2.24) is 5.32 Å². The fourth-order valence-corrected chi connectivity index (χ4v) is 4.41. The lowest BCUT2D eigenvalue weighted by Gasteiger charge is -2.21. The number of nitriles is 1. The molecule has 0 saturated carbocycles. The molecule has 2 aromatic rings. The van der Waals surface area contributed by atoms with Gasteiger partial charge in [0.15, 0.2) is 6.29 Å². The number of fused-ring (bicyclic) bond motifs is 1. The van der Waals surface area contributed by atoms with Crippen LogP contribution in [0.1, 0.15) is 34.0 Å². The first-order chi connectivity index (χ1) is 12.6. The van der Waals surface area contributed by atoms with Gasteiger partial charge in [-0.05, 0) is 55.3 Å². The number of hydrogen-bond donors (Lipinski definition) is 2. The number of anilines is 2. The van der Waals surface area contributed by atoms with Crippen LogP contribution in [-0.2, 0) is 6.42 Å². The largest absolute Gasteiger partial charge is 0.398 e. The van der Waals surface area contributed by atoms with E-state index in [1.165, 1.54) is 0 Å². The minimum absolute atomic E-state index is 0.557. The van der Waals surface area contributed by atoms with E-state index in [0.29, 0.717) is 16.8 Å². The Kier molecular flexibility index (Phi) is 5.19. The van der Waals surface area contributed by atoms with Gasteiger partial charge in [-0.1, -0.05) is 12.1 Å². The van der Waals surface area contributed by atoms with E-state index in [2.05, 4.69) is 15.7 Å². The molecule has 0 unspecified atom stereocenters. The number of benzene rings is 2. The topological polar surface area (TPSA) is 82.2 Å². The molecule has 3 N–H and O–H groups in total. The second-order valence-electron chi connectivity index (χ2n) is 6.07. The number of carbonyl (C=O) groups is 1. The van der Waals surface area contributed by atoms with Crippen LogP contribution in [0.2, 0.25) is 0 Å². The van der Waals surface area contributed by atoms with Gasteiger partial charge in [-0.25, -0.2) is 0 Å². The third kappa shape index (κ3) is 3.26. The number of aldehydes is 1. The molecule has 0 amide bonds.